The minimum atomic E-state index is -2.96. The first kappa shape index (κ1) is 11.5. The predicted octanol–water partition coefficient (Wildman–Crippen LogP) is 3.19. The Morgan fingerprint density at radius 1 is 1.64 bits per heavy atom. The Labute approximate surface area is 95.6 Å². The van der Waals surface area contributed by atoms with E-state index < -0.39 is 22.6 Å². The SMILES string of the molecule is O=[N+]([O-])c1c(Cl)cnc(I)c1C(F)F. The van der Waals surface area contributed by atoms with E-state index in [0.29, 0.717) is 0 Å². The van der Waals surface area contributed by atoms with Crippen molar-refractivity contribution < 1.29 is 13.7 Å². The van der Waals surface area contributed by atoms with Gasteiger partial charge >= 0.3 is 5.69 Å². The second-order valence-corrected chi connectivity index (χ2v) is 3.65. The molecule has 1 rings (SSSR count). The average Bonchev–Trinajstić information content (AvgIpc) is 2.07. The lowest BCUT2D eigenvalue weighted by Crippen LogP contribution is -2.01. The van der Waals surface area contributed by atoms with E-state index in [2.05, 4.69) is 4.98 Å². The summed E-state index contributed by atoms with van der Waals surface area (Å²) < 4.78 is 24.7. The van der Waals surface area contributed by atoms with Gasteiger partial charge in [0.05, 0.1) is 11.1 Å². The summed E-state index contributed by atoms with van der Waals surface area (Å²) in [5.41, 5.74) is -1.51. The molecule has 0 radical (unpaired) electrons. The number of halogens is 4. The summed E-state index contributed by atoms with van der Waals surface area (Å²) in [7, 11) is 0. The molecule has 0 aromatic carbocycles. The van der Waals surface area contributed by atoms with Gasteiger partial charge in [-0.15, -0.1) is 0 Å². The smallest absolute Gasteiger partial charge is 0.258 e. The summed E-state index contributed by atoms with van der Waals surface area (Å²) in [6.07, 6.45) is -1.98. The number of alkyl halides is 2. The molecule has 0 bridgehead atoms. The van der Waals surface area contributed by atoms with Crippen LogP contribution in [0, 0.1) is 13.8 Å². The first-order valence-corrected chi connectivity index (χ1v) is 4.67. The van der Waals surface area contributed by atoms with Crippen molar-refractivity contribution in [1.82, 2.24) is 4.98 Å². The molecule has 0 N–H and O–H groups in total. The number of nitrogens with zero attached hydrogens (tertiary/aromatic N) is 2. The van der Waals surface area contributed by atoms with Crippen molar-refractivity contribution in [3.05, 3.63) is 30.6 Å². The molecule has 0 fully saturated rings. The number of aromatic nitrogens is 1. The lowest BCUT2D eigenvalue weighted by Gasteiger charge is -2.04. The van der Waals surface area contributed by atoms with Crippen molar-refractivity contribution in [3.63, 3.8) is 0 Å². The normalized spacial score (nSPS) is 10.6. The third-order valence-electron chi connectivity index (χ3n) is 1.40. The van der Waals surface area contributed by atoms with Crippen molar-refractivity contribution >= 4 is 39.9 Å². The van der Waals surface area contributed by atoms with Crippen LogP contribution < -0.4 is 0 Å². The van der Waals surface area contributed by atoms with Gasteiger partial charge in [-0.2, -0.15) is 0 Å². The predicted molar refractivity (Wildman–Crippen MR) is 53.6 cm³/mol. The van der Waals surface area contributed by atoms with E-state index in [1.807, 2.05) is 0 Å². The highest BCUT2D eigenvalue weighted by Gasteiger charge is 2.28. The molecule has 0 saturated heterocycles. The Balaban J connectivity index is 3.50. The molecule has 0 atom stereocenters. The van der Waals surface area contributed by atoms with Crippen LogP contribution in [0.2, 0.25) is 5.02 Å². The van der Waals surface area contributed by atoms with Crippen molar-refractivity contribution in [2.75, 3.05) is 0 Å². The van der Waals surface area contributed by atoms with Crippen LogP contribution in [-0.2, 0) is 0 Å². The molecule has 0 aliphatic rings. The van der Waals surface area contributed by atoms with Crippen LogP contribution in [0.25, 0.3) is 0 Å². The Morgan fingerprint density at radius 3 is 2.57 bits per heavy atom. The molecule has 0 aliphatic heterocycles. The fraction of sp³-hybridized carbons (Fsp3) is 0.167. The van der Waals surface area contributed by atoms with Gasteiger partial charge in [0, 0.05) is 0 Å². The first-order chi connectivity index (χ1) is 6.45. The highest BCUT2D eigenvalue weighted by atomic mass is 127. The lowest BCUT2D eigenvalue weighted by atomic mass is 10.2. The summed E-state index contributed by atoms with van der Waals surface area (Å²) in [6, 6.07) is 0. The van der Waals surface area contributed by atoms with Crippen LogP contribution in [0.3, 0.4) is 0 Å². The van der Waals surface area contributed by atoms with Crippen molar-refractivity contribution in [3.8, 4) is 0 Å². The third kappa shape index (κ3) is 2.08. The van der Waals surface area contributed by atoms with Gasteiger partial charge in [-0.05, 0) is 22.6 Å². The van der Waals surface area contributed by atoms with E-state index in [-0.39, 0.29) is 8.72 Å². The van der Waals surface area contributed by atoms with Crippen LogP contribution in [0.5, 0.6) is 0 Å². The maximum Gasteiger partial charge on any atom is 0.301 e. The molecule has 1 aromatic heterocycles. The Morgan fingerprint density at radius 2 is 2.21 bits per heavy atom. The lowest BCUT2D eigenvalue weighted by molar-refractivity contribution is -0.386. The van der Waals surface area contributed by atoms with Gasteiger partial charge in [-0.25, -0.2) is 13.8 Å². The Kier molecular flexibility index (Phi) is 3.53. The van der Waals surface area contributed by atoms with Crippen LogP contribution >= 0.6 is 34.2 Å². The van der Waals surface area contributed by atoms with Crippen LogP contribution in [-0.4, -0.2) is 9.91 Å². The van der Waals surface area contributed by atoms with E-state index in [1.54, 1.807) is 0 Å². The fourth-order valence-corrected chi connectivity index (χ4v) is 1.70. The van der Waals surface area contributed by atoms with Gasteiger partial charge in [0.1, 0.15) is 14.3 Å². The van der Waals surface area contributed by atoms with E-state index in [1.165, 1.54) is 22.6 Å². The molecule has 8 heteroatoms. The minimum Gasteiger partial charge on any atom is -0.258 e. The monoisotopic (exact) mass is 334 g/mol. The van der Waals surface area contributed by atoms with Crippen molar-refractivity contribution in [2.45, 2.75) is 6.43 Å². The molecule has 0 saturated carbocycles. The molecular weight excluding hydrogens is 332 g/mol. The molecule has 14 heavy (non-hydrogen) atoms. The quantitative estimate of drug-likeness (QED) is 0.361. The average molecular weight is 334 g/mol. The largest absolute Gasteiger partial charge is 0.301 e. The molecule has 0 amide bonds. The number of hydrogen-bond acceptors (Lipinski definition) is 3. The maximum absolute atomic E-state index is 12.4. The summed E-state index contributed by atoms with van der Waals surface area (Å²) in [4.78, 5) is 13.0. The standard InChI is InChI=1S/C6H2ClF2IN2O2/c7-2-1-11-6(10)3(5(8)9)4(2)12(13)14/h1,5H. The minimum absolute atomic E-state index is 0.117. The zero-order chi connectivity index (χ0) is 10.9. The molecule has 0 aliphatic carbocycles. The summed E-state index contributed by atoms with van der Waals surface area (Å²) in [6.45, 7) is 0. The second kappa shape index (κ2) is 4.30. The number of rotatable bonds is 2. The van der Waals surface area contributed by atoms with Gasteiger partial charge in [0.25, 0.3) is 6.43 Å². The molecule has 1 heterocycles. The topological polar surface area (TPSA) is 56.0 Å². The molecule has 0 unspecified atom stereocenters. The molecular formula is C6H2ClF2IN2O2. The van der Waals surface area contributed by atoms with E-state index in [4.69, 9.17) is 11.6 Å². The highest BCUT2D eigenvalue weighted by Crippen LogP contribution is 2.36. The van der Waals surface area contributed by atoms with Gasteiger partial charge < -0.3 is 0 Å². The summed E-state index contributed by atoms with van der Waals surface area (Å²) in [5, 5.41) is 10.1. The Hall–Kier alpha value is -0.570. The number of nitro groups is 1. The fourth-order valence-electron chi connectivity index (χ4n) is 0.849. The van der Waals surface area contributed by atoms with Gasteiger partial charge in [0.2, 0.25) is 0 Å². The number of hydrogen-bond donors (Lipinski definition) is 0. The Bertz CT molecular complexity index is 388. The van der Waals surface area contributed by atoms with Crippen LogP contribution in [0.1, 0.15) is 12.0 Å². The maximum atomic E-state index is 12.4. The second-order valence-electron chi connectivity index (χ2n) is 2.22. The van der Waals surface area contributed by atoms with Crippen LogP contribution in [0.15, 0.2) is 6.20 Å². The molecule has 4 nitrogen and oxygen atoms in total. The van der Waals surface area contributed by atoms with Crippen LogP contribution in [0.4, 0.5) is 14.5 Å². The zero-order valence-corrected chi connectivity index (χ0v) is 9.29. The van der Waals surface area contributed by atoms with E-state index in [0.717, 1.165) is 6.20 Å². The van der Waals surface area contributed by atoms with Crippen molar-refractivity contribution in [2.24, 2.45) is 0 Å². The molecule has 0 spiro atoms. The van der Waals surface area contributed by atoms with Gasteiger partial charge in [0.15, 0.2) is 0 Å². The molecule has 1 aromatic rings. The zero-order valence-electron chi connectivity index (χ0n) is 6.38. The van der Waals surface area contributed by atoms with E-state index >= 15 is 0 Å². The third-order valence-corrected chi connectivity index (χ3v) is 2.53. The van der Waals surface area contributed by atoms with Gasteiger partial charge in [-0.3, -0.25) is 10.1 Å². The number of pyridine rings is 1. The molecule has 76 valence electrons. The van der Waals surface area contributed by atoms with E-state index in [9.17, 15) is 18.9 Å². The first-order valence-electron chi connectivity index (χ1n) is 3.21. The highest BCUT2D eigenvalue weighted by molar-refractivity contribution is 14.1. The van der Waals surface area contributed by atoms with Crippen molar-refractivity contribution in [1.29, 1.82) is 0 Å². The summed E-state index contributed by atoms with van der Waals surface area (Å²) in [5.74, 6) is 0. The van der Waals surface area contributed by atoms with Gasteiger partial charge in [-0.1, -0.05) is 11.6 Å². The summed E-state index contributed by atoms with van der Waals surface area (Å²) >= 11 is 6.90.